The van der Waals surface area contributed by atoms with Gasteiger partial charge in [-0.1, -0.05) is 88.2 Å². The fourth-order valence-electron chi connectivity index (χ4n) is 4.92. The molecule has 4 rings (SSSR count). The smallest absolute Gasteiger partial charge is 0.264 e. The Morgan fingerprint density at radius 3 is 2.13 bits per heavy atom. The maximum Gasteiger partial charge on any atom is 0.264 e. The molecule has 0 aliphatic heterocycles. The summed E-state index contributed by atoms with van der Waals surface area (Å²) in [4.78, 5) is 29.7. The second kappa shape index (κ2) is 15.7. The normalized spacial score (nSPS) is 11.8. The van der Waals surface area contributed by atoms with Gasteiger partial charge in [-0.15, -0.1) is 0 Å². The van der Waals surface area contributed by atoms with E-state index in [1.165, 1.54) is 17.0 Å². The predicted octanol–water partition coefficient (Wildman–Crippen LogP) is 6.13. The molecule has 0 aliphatic rings. The van der Waals surface area contributed by atoms with Gasteiger partial charge >= 0.3 is 0 Å². The van der Waals surface area contributed by atoms with E-state index in [4.69, 9.17) is 4.74 Å². The monoisotopic (exact) mass is 691 g/mol. The number of hydrogen-bond donors (Lipinski definition) is 1. The highest BCUT2D eigenvalue weighted by Gasteiger charge is 2.35. The lowest BCUT2D eigenvalue weighted by molar-refractivity contribution is -0.140. The van der Waals surface area contributed by atoms with E-state index in [1.54, 1.807) is 43.3 Å². The highest BCUT2D eigenvalue weighted by atomic mass is 79.9. The Kier molecular flexibility index (Phi) is 11.8. The van der Waals surface area contributed by atoms with Gasteiger partial charge in [0.1, 0.15) is 18.3 Å². The number of carbonyl (C=O) groups is 2. The molecule has 0 unspecified atom stereocenters. The molecule has 0 saturated carbocycles. The molecule has 1 atom stereocenters. The summed E-state index contributed by atoms with van der Waals surface area (Å²) in [6.07, 6.45) is 0.245. The number of likely N-dealkylation sites (N-methyl/N-ethyl adjacent to an activating group) is 1. The number of ether oxygens (including phenoxy) is 1. The zero-order chi connectivity index (χ0) is 32.4. The van der Waals surface area contributed by atoms with E-state index in [0.717, 1.165) is 25.5 Å². The first-order valence-electron chi connectivity index (χ1n) is 14.8. The molecular weight excluding hydrogens is 654 g/mol. The molecule has 0 saturated heterocycles. The summed E-state index contributed by atoms with van der Waals surface area (Å²) in [6.45, 7) is 5.71. The van der Waals surface area contributed by atoms with Gasteiger partial charge in [-0.2, -0.15) is 0 Å². The first-order valence-corrected chi connectivity index (χ1v) is 17.0. The number of benzene rings is 4. The quantitative estimate of drug-likeness (QED) is 0.172. The van der Waals surface area contributed by atoms with Crippen LogP contribution in [0.1, 0.15) is 30.5 Å². The number of carbonyl (C=O) groups excluding carboxylic acids is 2. The minimum Gasteiger partial charge on any atom is -0.492 e. The van der Waals surface area contributed by atoms with E-state index in [0.29, 0.717) is 18.9 Å². The maximum absolute atomic E-state index is 14.5. The number of nitrogens with zero attached hydrogens (tertiary/aromatic N) is 2. The summed E-state index contributed by atoms with van der Waals surface area (Å²) in [6, 6.07) is 29.2. The van der Waals surface area contributed by atoms with Gasteiger partial charge in [0, 0.05) is 24.0 Å². The van der Waals surface area contributed by atoms with Gasteiger partial charge in [-0.25, -0.2) is 8.42 Å². The number of hydrogen-bond acceptors (Lipinski definition) is 5. The summed E-state index contributed by atoms with van der Waals surface area (Å²) in [7, 11) is -4.23. The molecule has 0 radical (unpaired) electrons. The zero-order valence-electron chi connectivity index (χ0n) is 25.6. The van der Waals surface area contributed by atoms with Crippen LogP contribution in [0.5, 0.6) is 5.75 Å². The minimum atomic E-state index is -4.23. The van der Waals surface area contributed by atoms with Gasteiger partial charge < -0.3 is 15.0 Å². The van der Waals surface area contributed by atoms with E-state index in [2.05, 4.69) is 21.2 Å². The van der Waals surface area contributed by atoms with Gasteiger partial charge in [-0.3, -0.25) is 13.9 Å². The van der Waals surface area contributed by atoms with E-state index >= 15 is 0 Å². The number of halogens is 1. The molecule has 4 aromatic rings. The van der Waals surface area contributed by atoms with Crippen molar-refractivity contribution in [3.63, 3.8) is 0 Å². The lowest BCUT2D eigenvalue weighted by atomic mass is 10.0. The second-order valence-corrected chi connectivity index (χ2v) is 13.3. The van der Waals surface area contributed by atoms with Gasteiger partial charge in [0.15, 0.2) is 0 Å². The molecule has 0 heterocycles. The molecule has 236 valence electrons. The minimum absolute atomic E-state index is 0.0382. The van der Waals surface area contributed by atoms with Crippen LogP contribution < -0.4 is 14.4 Å². The van der Waals surface area contributed by atoms with Crippen molar-refractivity contribution in [2.24, 2.45) is 0 Å². The van der Waals surface area contributed by atoms with Gasteiger partial charge in [0.2, 0.25) is 11.8 Å². The Morgan fingerprint density at radius 2 is 1.49 bits per heavy atom. The van der Waals surface area contributed by atoms with Gasteiger partial charge in [0.05, 0.1) is 17.2 Å². The van der Waals surface area contributed by atoms with Gasteiger partial charge in [0.25, 0.3) is 10.0 Å². The van der Waals surface area contributed by atoms with Crippen molar-refractivity contribution in [1.82, 2.24) is 10.2 Å². The van der Waals surface area contributed by atoms with Crippen molar-refractivity contribution in [1.29, 1.82) is 0 Å². The number of aryl methyl sites for hydroxylation is 1. The zero-order valence-corrected chi connectivity index (χ0v) is 28.1. The summed E-state index contributed by atoms with van der Waals surface area (Å²) >= 11 is 3.45. The Morgan fingerprint density at radius 1 is 0.844 bits per heavy atom. The van der Waals surface area contributed by atoms with Crippen LogP contribution in [-0.2, 0) is 32.6 Å². The Labute approximate surface area is 274 Å². The standard InChI is InChI=1S/C35H38BrN3O5S/c1-4-37-35(41)32(23-27-11-7-6-8-12-27)38(24-28-17-19-29(36)20-18-28)34(40)25-39(31-13-9-10-14-33(31)44-5-2)45(42,43)30-21-15-26(3)16-22-30/h6-22,32H,4-5,23-25H2,1-3H3,(H,37,41)/t32-/m0/s1. The Hall–Kier alpha value is -4.15. The average Bonchev–Trinajstić information content (AvgIpc) is 3.03. The highest BCUT2D eigenvalue weighted by Crippen LogP contribution is 2.33. The number of amides is 2. The average molecular weight is 693 g/mol. The van der Waals surface area contributed by atoms with Crippen LogP contribution in [-0.4, -0.2) is 50.9 Å². The molecule has 1 N–H and O–H groups in total. The third-order valence-electron chi connectivity index (χ3n) is 7.21. The topological polar surface area (TPSA) is 96.0 Å². The molecule has 0 spiro atoms. The molecule has 0 bridgehead atoms. The number of nitrogens with one attached hydrogen (secondary N) is 1. The van der Waals surface area contributed by atoms with Crippen LogP contribution in [0.4, 0.5) is 5.69 Å². The third kappa shape index (κ3) is 8.73. The molecule has 10 heteroatoms. The third-order valence-corrected chi connectivity index (χ3v) is 9.51. The van der Waals surface area contributed by atoms with Gasteiger partial charge in [-0.05, 0) is 68.3 Å². The van der Waals surface area contributed by atoms with Crippen LogP contribution in [0.25, 0.3) is 0 Å². The number of rotatable bonds is 14. The van der Waals surface area contributed by atoms with Crippen LogP contribution in [0.2, 0.25) is 0 Å². The second-order valence-electron chi connectivity index (χ2n) is 10.5. The summed E-state index contributed by atoms with van der Waals surface area (Å²) in [5.74, 6) is -0.533. The maximum atomic E-state index is 14.5. The van der Waals surface area contributed by atoms with Crippen molar-refractivity contribution in [2.75, 3.05) is 24.0 Å². The van der Waals surface area contributed by atoms with Crippen LogP contribution in [0.3, 0.4) is 0 Å². The van der Waals surface area contributed by atoms with Crippen LogP contribution in [0.15, 0.2) is 112 Å². The number of para-hydroxylation sites is 2. The molecule has 8 nitrogen and oxygen atoms in total. The molecule has 4 aromatic carbocycles. The summed E-state index contributed by atoms with van der Waals surface area (Å²) in [5, 5.41) is 2.88. The Balaban J connectivity index is 1.82. The molecular formula is C35H38BrN3O5S. The van der Waals surface area contributed by atoms with E-state index in [-0.39, 0.29) is 29.5 Å². The highest BCUT2D eigenvalue weighted by molar-refractivity contribution is 9.10. The number of anilines is 1. The van der Waals surface area contributed by atoms with Crippen molar-refractivity contribution in [3.05, 3.63) is 124 Å². The molecule has 45 heavy (non-hydrogen) atoms. The van der Waals surface area contributed by atoms with E-state index in [1.807, 2.05) is 68.4 Å². The van der Waals surface area contributed by atoms with Crippen molar-refractivity contribution in [3.8, 4) is 5.75 Å². The number of sulfonamides is 1. The largest absolute Gasteiger partial charge is 0.492 e. The lowest BCUT2D eigenvalue weighted by Crippen LogP contribution is -2.53. The molecule has 0 aliphatic carbocycles. The van der Waals surface area contributed by atoms with Crippen LogP contribution in [0, 0.1) is 6.92 Å². The summed E-state index contributed by atoms with van der Waals surface area (Å²) < 4.78 is 36.3. The fourth-order valence-corrected chi connectivity index (χ4v) is 6.61. The SMILES string of the molecule is CCNC(=O)[C@H](Cc1ccccc1)N(Cc1ccc(Br)cc1)C(=O)CN(c1ccccc1OCC)S(=O)(=O)c1ccc(C)cc1. The first kappa shape index (κ1) is 33.7. The predicted molar refractivity (Wildman–Crippen MR) is 181 cm³/mol. The Bertz CT molecular complexity index is 1680. The van der Waals surface area contributed by atoms with Crippen molar-refractivity contribution in [2.45, 2.75) is 44.7 Å². The summed E-state index contributed by atoms with van der Waals surface area (Å²) in [5.41, 5.74) is 2.79. The lowest BCUT2D eigenvalue weighted by Gasteiger charge is -2.34. The van der Waals surface area contributed by atoms with E-state index < -0.39 is 28.5 Å². The molecule has 2 amide bonds. The fraction of sp³-hybridized carbons (Fsp3) is 0.257. The van der Waals surface area contributed by atoms with Crippen LogP contribution >= 0.6 is 15.9 Å². The van der Waals surface area contributed by atoms with Crippen molar-refractivity contribution >= 4 is 43.5 Å². The molecule has 0 aromatic heterocycles. The first-order chi connectivity index (χ1) is 21.6. The van der Waals surface area contributed by atoms with E-state index in [9.17, 15) is 18.0 Å². The molecule has 0 fully saturated rings. The van der Waals surface area contributed by atoms with Crippen molar-refractivity contribution < 1.29 is 22.7 Å².